The predicted molar refractivity (Wildman–Crippen MR) is 80.3 cm³/mol. The molecule has 2 N–H and O–H groups in total. The number of hydrogen-bond acceptors (Lipinski definition) is 5. The van der Waals surface area contributed by atoms with Gasteiger partial charge in [-0.15, -0.1) is 5.10 Å². The van der Waals surface area contributed by atoms with Crippen molar-refractivity contribution in [3.8, 4) is 0 Å². The smallest absolute Gasteiger partial charge is 0.348 e. The number of primary amides is 1. The topological polar surface area (TPSA) is 103 Å². The molecule has 8 nitrogen and oxygen atoms in total. The molecule has 2 amide bonds. The normalized spacial score (nSPS) is 10.8. The quantitative estimate of drug-likeness (QED) is 0.638. The minimum Gasteiger partial charge on any atom is -0.366 e. The highest BCUT2D eigenvalue weighted by Crippen LogP contribution is 2.14. The van der Waals surface area contributed by atoms with Crippen LogP contribution in [0.2, 0.25) is 0 Å². The Morgan fingerprint density at radius 1 is 1.36 bits per heavy atom. The van der Waals surface area contributed by atoms with E-state index in [0.717, 1.165) is 6.42 Å². The summed E-state index contributed by atoms with van der Waals surface area (Å²) in [7, 11) is 0. The van der Waals surface area contributed by atoms with E-state index in [1.54, 1.807) is 12.1 Å². The number of hydrogen-bond donors (Lipinski definition) is 1. The van der Waals surface area contributed by atoms with Crippen LogP contribution in [0.25, 0.3) is 11.0 Å². The molecule has 1 aromatic heterocycles. The van der Waals surface area contributed by atoms with Gasteiger partial charge in [0.05, 0.1) is 5.52 Å². The fraction of sp³-hybridized carbons (Fsp3) is 0.429. The lowest BCUT2D eigenvalue weighted by Gasteiger charge is -2.20. The first kappa shape index (κ1) is 15.9. The van der Waals surface area contributed by atoms with Crippen LogP contribution in [-0.2, 0) is 4.74 Å². The van der Waals surface area contributed by atoms with Crippen LogP contribution in [0.3, 0.4) is 0 Å². The van der Waals surface area contributed by atoms with Gasteiger partial charge in [-0.3, -0.25) is 9.69 Å². The van der Waals surface area contributed by atoms with E-state index in [1.807, 2.05) is 13.8 Å². The summed E-state index contributed by atoms with van der Waals surface area (Å²) >= 11 is 0. The van der Waals surface area contributed by atoms with Gasteiger partial charge >= 0.3 is 6.03 Å². The molecule has 1 heterocycles. The Kier molecular flexibility index (Phi) is 5.05. The molecule has 0 fully saturated rings. The van der Waals surface area contributed by atoms with Crippen molar-refractivity contribution >= 4 is 23.0 Å². The fourth-order valence-corrected chi connectivity index (χ4v) is 1.95. The molecule has 0 unspecified atom stereocenters. The highest BCUT2D eigenvalue weighted by molar-refractivity contribution is 5.97. The first-order valence-electron chi connectivity index (χ1n) is 7.10. The maximum atomic E-state index is 12.5. The third-order valence-electron chi connectivity index (χ3n) is 3.16. The molecule has 2 aromatic rings. The lowest BCUT2D eigenvalue weighted by atomic mass is 10.2. The highest BCUT2D eigenvalue weighted by Gasteiger charge is 2.18. The summed E-state index contributed by atoms with van der Waals surface area (Å²) in [6.45, 7) is 5.13. The predicted octanol–water partition coefficient (Wildman–Crippen LogP) is 1.20. The zero-order valence-corrected chi connectivity index (χ0v) is 12.7. The van der Waals surface area contributed by atoms with Crippen LogP contribution in [0.4, 0.5) is 4.79 Å². The summed E-state index contributed by atoms with van der Waals surface area (Å²) in [5, 5.41) is 7.77. The van der Waals surface area contributed by atoms with Gasteiger partial charge < -0.3 is 10.5 Å². The summed E-state index contributed by atoms with van der Waals surface area (Å²) in [5.74, 6) is -0.550. The molecule has 0 aliphatic carbocycles. The SMILES string of the molecule is CCCOCN(CC)C(=O)n1nnc2cc(C(N)=O)ccc21. The molecule has 0 radical (unpaired) electrons. The molecule has 118 valence electrons. The van der Waals surface area contributed by atoms with Crippen LogP contribution in [0.1, 0.15) is 30.6 Å². The molecule has 0 aliphatic heterocycles. The molecule has 0 bridgehead atoms. The molecule has 2 rings (SSSR count). The molecule has 0 atom stereocenters. The standard InChI is InChI=1S/C14H19N5O3/c1-3-7-22-9-18(4-2)14(21)19-12-6-5-10(13(15)20)8-11(12)16-17-19/h5-6,8H,3-4,7,9H2,1-2H3,(H2,15,20). The van der Waals surface area contributed by atoms with Gasteiger partial charge in [0, 0.05) is 18.7 Å². The second kappa shape index (κ2) is 6.99. The molecular weight excluding hydrogens is 286 g/mol. The van der Waals surface area contributed by atoms with E-state index in [-0.39, 0.29) is 12.8 Å². The average molecular weight is 305 g/mol. The van der Waals surface area contributed by atoms with E-state index in [9.17, 15) is 9.59 Å². The van der Waals surface area contributed by atoms with Crippen LogP contribution in [0, 0.1) is 0 Å². The van der Waals surface area contributed by atoms with E-state index in [4.69, 9.17) is 10.5 Å². The number of carbonyl (C=O) groups excluding carboxylic acids is 2. The van der Waals surface area contributed by atoms with Crippen LogP contribution in [0.15, 0.2) is 18.2 Å². The summed E-state index contributed by atoms with van der Waals surface area (Å²) in [5.41, 5.74) is 6.51. The number of fused-ring (bicyclic) bond motifs is 1. The Bertz CT molecular complexity index is 682. The van der Waals surface area contributed by atoms with Crippen molar-refractivity contribution in [2.24, 2.45) is 5.73 Å². The van der Waals surface area contributed by atoms with Crippen molar-refractivity contribution in [3.05, 3.63) is 23.8 Å². The van der Waals surface area contributed by atoms with Gasteiger partial charge in [0.15, 0.2) is 0 Å². The zero-order chi connectivity index (χ0) is 16.1. The van der Waals surface area contributed by atoms with Gasteiger partial charge in [-0.2, -0.15) is 4.68 Å². The molecule has 0 saturated carbocycles. The fourth-order valence-electron chi connectivity index (χ4n) is 1.95. The Morgan fingerprint density at radius 3 is 2.77 bits per heavy atom. The molecule has 0 saturated heterocycles. The monoisotopic (exact) mass is 305 g/mol. The van der Waals surface area contributed by atoms with Crippen molar-refractivity contribution < 1.29 is 14.3 Å². The van der Waals surface area contributed by atoms with E-state index < -0.39 is 5.91 Å². The van der Waals surface area contributed by atoms with Gasteiger partial charge in [0.25, 0.3) is 0 Å². The number of ether oxygens (including phenoxy) is 1. The Hall–Kier alpha value is -2.48. The molecule has 8 heteroatoms. The Morgan fingerprint density at radius 2 is 2.14 bits per heavy atom. The first-order valence-corrected chi connectivity index (χ1v) is 7.10. The van der Waals surface area contributed by atoms with Crippen LogP contribution < -0.4 is 5.73 Å². The molecular formula is C14H19N5O3. The zero-order valence-electron chi connectivity index (χ0n) is 12.7. The van der Waals surface area contributed by atoms with Gasteiger partial charge in [-0.25, -0.2) is 4.79 Å². The van der Waals surface area contributed by atoms with Crippen molar-refractivity contribution in [1.82, 2.24) is 19.9 Å². The van der Waals surface area contributed by atoms with Crippen molar-refractivity contribution in [2.45, 2.75) is 20.3 Å². The van der Waals surface area contributed by atoms with Crippen molar-refractivity contribution in [1.29, 1.82) is 0 Å². The third-order valence-corrected chi connectivity index (χ3v) is 3.16. The number of nitrogens with two attached hydrogens (primary N) is 1. The lowest BCUT2D eigenvalue weighted by molar-refractivity contribution is 0.0500. The van der Waals surface area contributed by atoms with E-state index in [2.05, 4.69) is 10.3 Å². The number of nitrogens with zero attached hydrogens (tertiary/aromatic N) is 4. The summed E-state index contributed by atoms with van der Waals surface area (Å²) in [6.07, 6.45) is 0.883. The molecule has 1 aromatic carbocycles. The van der Waals surface area contributed by atoms with Crippen LogP contribution >= 0.6 is 0 Å². The number of benzene rings is 1. The van der Waals surface area contributed by atoms with E-state index in [1.165, 1.54) is 15.6 Å². The highest BCUT2D eigenvalue weighted by atomic mass is 16.5. The first-order chi connectivity index (χ1) is 10.6. The minimum atomic E-state index is -0.550. The molecule has 0 aliphatic rings. The lowest BCUT2D eigenvalue weighted by Crippen LogP contribution is -2.37. The van der Waals surface area contributed by atoms with Gasteiger partial charge in [0.1, 0.15) is 12.2 Å². The molecule has 22 heavy (non-hydrogen) atoms. The largest absolute Gasteiger partial charge is 0.366 e. The van der Waals surface area contributed by atoms with Gasteiger partial charge in [-0.1, -0.05) is 12.1 Å². The maximum absolute atomic E-state index is 12.5. The number of carbonyl (C=O) groups is 2. The van der Waals surface area contributed by atoms with Crippen molar-refractivity contribution in [3.63, 3.8) is 0 Å². The number of rotatable bonds is 6. The summed E-state index contributed by atoms with van der Waals surface area (Å²) in [6, 6.07) is 4.33. The number of amides is 2. The second-order valence-electron chi connectivity index (χ2n) is 4.74. The average Bonchev–Trinajstić information content (AvgIpc) is 2.94. The minimum absolute atomic E-state index is 0.198. The van der Waals surface area contributed by atoms with Crippen LogP contribution in [-0.4, -0.2) is 51.7 Å². The summed E-state index contributed by atoms with van der Waals surface area (Å²) in [4.78, 5) is 25.2. The van der Waals surface area contributed by atoms with E-state index >= 15 is 0 Å². The molecule has 0 spiro atoms. The van der Waals surface area contributed by atoms with Crippen molar-refractivity contribution in [2.75, 3.05) is 19.9 Å². The second-order valence-corrected chi connectivity index (χ2v) is 4.74. The van der Waals surface area contributed by atoms with Gasteiger partial charge in [0.2, 0.25) is 5.91 Å². The van der Waals surface area contributed by atoms with E-state index in [0.29, 0.717) is 29.7 Å². The Balaban J connectivity index is 2.25. The number of aromatic nitrogens is 3. The maximum Gasteiger partial charge on any atom is 0.348 e. The van der Waals surface area contributed by atoms with Crippen LogP contribution in [0.5, 0.6) is 0 Å². The summed E-state index contributed by atoms with van der Waals surface area (Å²) < 4.78 is 6.59. The third kappa shape index (κ3) is 3.22. The van der Waals surface area contributed by atoms with Gasteiger partial charge in [-0.05, 0) is 31.5 Å². The Labute approximate surface area is 127 Å².